The second-order valence-corrected chi connectivity index (χ2v) is 7.17. The average Bonchev–Trinajstić information content (AvgIpc) is 2.88. The number of nitrogens with zero attached hydrogens (tertiary/aromatic N) is 3. The summed E-state index contributed by atoms with van der Waals surface area (Å²) in [5.74, 6) is 1.26. The van der Waals surface area contributed by atoms with Crippen LogP contribution >= 0.6 is 35.0 Å². The zero-order valence-corrected chi connectivity index (χ0v) is 14.8. The van der Waals surface area contributed by atoms with Crippen molar-refractivity contribution in [3.8, 4) is 0 Å². The Balaban J connectivity index is 1.96. The smallest absolute Gasteiger partial charge is 0.252 e. The van der Waals surface area contributed by atoms with Crippen LogP contribution in [-0.4, -0.2) is 19.6 Å². The van der Waals surface area contributed by atoms with E-state index >= 15 is 0 Å². The van der Waals surface area contributed by atoms with Gasteiger partial charge in [-0.25, -0.2) is 0 Å². The summed E-state index contributed by atoms with van der Waals surface area (Å²) < 4.78 is 1.88. The second-order valence-electron chi connectivity index (χ2n) is 5.38. The monoisotopic (exact) mass is 368 g/mol. The van der Waals surface area contributed by atoms with Gasteiger partial charge in [0.1, 0.15) is 0 Å². The maximum Gasteiger partial charge on any atom is 0.252 e. The van der Waals surface area contributed by atoms with Gasteiger partial charge in [-0.15, -0.1) is 10.2 Å². The van der Waals surface area contributed by atoms with Crippen LogP contribution in [-0.2, 0) is 5.75 Å². The van der Waals surface area contributed by atoms with Crippen LogP contribution in [0.5, 0.6) is 0 Å². The minimum absolute atomic E-state index is 0.175. The third-order valence-electron chi connectivity index (χ3n) is 3.37. The Morgan fingerprint density at radius 2 is 2.04 bits per heavy atom. The quantitative estimate of drug-likeness (QED) is 0.702. The summed E-state index contributed by atoms with van der Waals surface area (Å²) in [5, 5.41) is 10.2. The highest BCUT2D eigenvalue weighted by Gasteiger charge is 2.14. The van der Waals surface area contributed by atoms with E-state index in [1.54, 1.807) is 12.1 Å². The van der Waals surface area contributed by atoms with Gasteiger partial charge in [0.25, 0.3) is 5.56 Å². The number of aromatic amines is 1. The Kier molecular flexibility index (Phi) is 4.66. The van der Waals surface area contributed by atoms with Crippen LogP contribution in [0.15, 0.2) is 34.2 Å². The molecule has 0 radical (unpaired) electrons. The minimum Gasteiger partial charge on any atom is -0.291 e. The van der Waals surface area contributed by atoms with Crippen molar-refractivity contribution in [2.45, 2.75) is 30.7 Å². The van der Waals surface area contributed by atoms with Crippen LogP contribution in [0, 0.1) is 0 Å². The van der Waals surface area contributed by atoms with Crippen LogP contribution in [0.3, 0.4) is 0 Å². The Morgan fingerprint density at radius 3 is 2.74 bits per heavy atom. The van der Waals surface area contributed by atoms with E-state index in [9.17, 15) is 4.79 Å². The largest absolute Gasteiger partial charge is 0.291 e. The topological polar surface area (TPSA) is 63.0 Å². The van der Waals surface area contributed by atoms with E-state index in [0.29, 0.717) is 26.7 Å². The second kappa shape index (κ2) is 6.55. The highest BCUT2D eigenvalue weighted by Crippen LogP contribution is 2.29. The summed E-state index contributed by atoms with van der Waals surface area (Å²) in [6, 6.07) is 7.01. The number of rotatable bonds is 4. The van der Waals surface area contributed by atoms with E-state index in [-0.39, 0.29) is 11.5 Å². The van der Waals surface area contributed by atoms with Gasteiger partial charge in [-0.05, 0) is 23.6 Å². The van der Waals surface area contributed by atoms with Crippen molar-refractivity contribution in [3.05, 3.63) is 55.9 Å². The Labute approximate surface area is 147 Å². The van der Waals surface area contributed by atoms with Crippen molar-refractivity contribution in [2.75, 3.05) is 0 Å². The summed E-state index contributed by atoms with van der Waals surface area (Å²) in [6.07, 6.45) is 0. The predicted octanol–water partition coefficient (Wildman–Crippen LogP) is 4.14. The molecule has 120 valence electrons. The number of benzene rings is 1. The van der Waals surface area contributed by atoms with Crippen LogP contribution in [0.4, 0.5) is 0 Å². The van der Waals surface area contributed by atoms with Crippen molar-refractivity contribution in [3.63, 3.8) is 0 Å². The van der Waals surface area contributed by atoms with Crippen LogP contribution < -0.4 is 5.56 Å². The molecule has 0 aliphatic carbocycles. The lowest BCUT2D eigenvalue weighted by Gasteiger charge is -2.10. The molecule has 1 N–H and O–H groups in total. The molecule has 3 aromatic rings. The van der Waals surface area contributed by atoms with Crippen molar-refractivity contribution < 1.29 is 0 Å². The molecule has 0 unspecified atom stereocenters. The van der Waals surface area contributed by atoms with Gasteiger partial charge < -0.3 is 0 Å². The molecule has 0 aliphatic heterocycles. The predicted molar refractivity (Wildman–Crippen MR) is 93.7 cm³/mol. The number of fused-ring (bicyclic) bond motifs is 1. The normalized spacial score (nSPS) is 11.5. The first-order chi connectivity index (χ1) is 11.0. The fourth-order valence-electron chi connectivity index (χ4n) is 2.23. The van der Waals surface area contributed by atoms with E-state index in [1.807, 2.05) is 30.4 Å². The van der Waals surface area contributed by atoms with Gasteiger partial charge in [0.05, 0.1) is 0 Å². The summed E-state index contributed by atoms with van der Waals surface area (Å²) >= 11 is 13.6. The van der Waals surface area contributed by atoms with Gasteiger partial charge in [-0.2, -0.15) is 0 Å². The van der Waals surface area contributed by atoms with Gasteiger partial charge in [0.2, 0.25) is 5.78 Å². The maximum atomic E-state index is 11.7. The number of thioether (sulfide) groups is 1. The van der Waals surface area contributed by atoms with E-state index in [1.165, 1.54) is 11.8 Å². The Hall–Kier alpha value is -1.50. The van der Waals surface area contributed by atoms with Crippen molar-refractivity contribution in [2.24, 2.45) is 0 Å². The molecule has 0 atom stereocenters. The average molecular weight is 369 g/mol. The van der Waals surface area contributed by atoms with Crippen LogP contribution in [0.1, 0.15) is 31.0 Å². The van der Waals surface area contributed by atoms with Crippen LogP contribution in [0.2, 0.25) is 10.0 Å². The van der Waals surface area contributed by atoms with Gasteiger partial charge in [0, 0.05) is 27.6 Å². The zero-order chi connectivity index (χ0) is 16.6. The SMILES string of the molecule is CC(C)c1cc(=O)[nH]c2nnc(SCc3ccc(Cl)cc3Cl)n12. The Bertz CT molecular complexity index is 919. The molecule has 23 heavy (non-hydrogen) atoms. The first kappa shape index (κ1) is 16.4. The molecule has 0 saturated carbocycles. The van der Waals surface area contributed by atoms with Crippen molar-refractivity contribution in [1.29, 1.82) is 0 Å². The lowest BCUT2D eigenvalue weighted by atomic mass is 10.1. The molecule has 0 saturated heterocycles. The molecule has 0 amide bonds. The van der Waals surface area contributed by atoms with E-state index < -0.39 is 0 Å². The summed E-state index contributed by atoms with van der Waals surface area (Å²) in [4.78, 5) is 14.4. The van der Waals surface area contributed by atoms with Crippen LogP contribution in [0.25, 0.3) is 5.78 Å². The highest BCUT2D eigenvalue weighted by molar-refractivity contribution is 7.98. The molecule has 5 nitrogen and oxygen atoms in total. The maximum absolute atomic E-state index is 11.7. The molecule has 0 spiro atoms. The van der Waals surface area contributed by atoms with E-state index in [2.05, 4.69) is 15.2 Å². The van der Waals surface area contributed by atoms with Gasteiger partial charge in [-0.1, -0.05) is 54.9 Å². The summed E-state index contributed by atoms with van der Waals surface area (Å²) in [7, 11) is 0. The molecule has 8 heteroatoms. The Morgan fingerprint density at radius 1 is 1.26 bits per heavy atom. The molecule has 0 aliphatic rings. The van der Waals surface area contributed by atoms with E-state index in [4.69, 9.17) is 23.2 Å². The molecule has 1 aromatic carbocycles. The van der Waals surface area contributed by atoms with Gasteiger partial charge in [0.15, 0.2) is 5.16 Å². The minimum atomic E-state index is -0.175. The number of hydrogen-bond acceptors (Lipinski definition) is 4. The first-order valence-corrected chi connectivity index (χ1v) is 8.75. The fourth-order valence-corrected chi connectivity index (χ4v) is 3.74. The molecular formula is C15H14Cl2N4OS. The summed E-state index contributed by atoms with van der Waals surface area (Å²) in [6.45, 7) is 4.05. The highest BCUT2D eigenvalue weighted by atomic mass is 35.5. The van der Waals surface area contributed by atoms with E-state index in [0.717, 1.165) is 11.3 Å². The number of halogens is 2. The fraction of sp³-hybridized carbons (Fsp3) is 0.267. The molecule has 0 fully saturated rings. The van der Waals surface area contributed by atoms with Gasteiger partial charge in [-0.3, -0.25) is 14.2 Å². The lowest BCUT2D eigenvalue weighted by Crippen LogP contribution is -2.12. The number of aromatic nitrogens is 4. The first-order valence-electron chi connectivity index (χ1n) is 7.01. The summed E-state index contributed by atoms with van der Waals surface area (Å²) in [5.41, 5.74) is 1.66. The van der Waals surface area contributed by atoms with Crippen molar-refractivity contribution in [1.82, 2.24) is 19.6 Å². The molecule has 2 aromatic heterocycles. The lowest BCUT2D eigenvalue weighted by molar-refractivity contribution is 0.754. The third kappa shape index (κ3) is 3.39. The molecule has 3 rings (SSSR count). The number of hydrogen-bond donors (Lipinski definition) is 1. The molecular weight excluding hydrogens is 355 g/mol. The van der Waals surface area contributed by atoms with Crippen molar-refractivity contribution >= 4 is 40.7 Å². The number of H-pyrrole nitrogens is 1. The third-order valence-corrected chi connectivity index (χ3v) is 4.93. The number of nitrogens with one attached hydrogen (secondary N) is 1. The molecule has 2 heterocycles. The molecule has 0 bridgehead atoms. The standard InChI is InChI=1S/C15H14Cl2N4OS/c1-8(2)12-6-13(22)18-14-19-20-15(21(12)14)23-7-9-3-4-10(16)5-11(9)17/h3-6,8H,7H2,1-2H3,(H,18,19,22). The van der Waals surface area contributed by atoms with Gasteiger partial charge >= 0.3 is 0 Å². The zero-order valence-electron chi connectivity index (χ0n) is 12.5.